The van der Waals surface area contributed by atoms with E-state index in [0.29, 0.717) is 28.5 Å². The lowest BCUT2D eigenvalue weighted by Gasteiger charge is -2.10. The molecule has 9 heteroatoms. The quantitative estimate of drug-likeness (QED) is 0.318. The first-order chi connectivity index (χ1) is 15.9. The van der Waals surface area contributed by atoms with Crippen LogP contribution in [0.4, 0.5) is 5.69 Å². The first-order valence-electron chi connectivity index (χ1n) is 10.3. The molecule has 0 saturated carbocycles. The van der Waals surface area contributed by atoms with E-state index in [4.69, 9.17) is 14.5 Å². The summed E-state index contributed by atoms with van der Waals surface area (Å²) in [5, 5.41) is 3.67. The molecule has 0 spiro atoms. The van der Waals surface area contributed by atoms with Crippen LogP contribution in [0.15, 0.2) is 47.6 Å². The number of nitrogens with zero attached hydrogens (tertiary/aromatic N) is 4. The number of fused-ring (bicyclic) bond motifs is 1. The number of aromatic nitrogens is 4. The van der Waals surface area contributed by atoms with Crippen molar-refractivity contribution in [3.63, 3.8) is 0 Å². The third kappa shape index (κ3) is 4.93. The van der Waals surface area contributed by atoms with Gasteiger partial charge in [-0.1, -0.05) is 11.8 Å². The van der Waals surface area contributed by atoms with E-state index >= 15 is 0 Å². The standard InChI is InChI=1S/C24H25N5O3S/c1-14-10-15(2)26-24(25-14)33-13-22-28-18-12-17(7-8-19(18)29(22)3)27-23(30)16-6-9-20(31-4)21(11-16)32-5/h6-12H,13H2,1-5H3,(H,27,30). The predicted octanol–water partition coefficient (Wildman–Crippen LogP) is 4.54. The van der Waals surface area contributed by atoms with Gasteiger partial charge in [0.2, 0.25) is 0 Å². The third-order valence-corrected chi connectivity index (χ3v) is 6.01. The van der Waals surface area contributed by atoms with Gasteiger partial charge in [0, 0.05) is 29.7 Å². The van der Waals surface area contributed by atoms with Crippen molar-refractivity contribution in [1.82, 2.24) is 19.5 Å². The van der Waals surface area contributed by atoms with Crippen molar-refractivity contribution in [2.45, 2.75) is 24.8 Å². The molecule has 0 atom stereocenters. The van der Waals surface area contributed by atoms with Crippen LogP contribution < -0.4 is 14.8 Å². The zero-order chi connectivity index (χ0) is 23.5. The molecule has 4 aromatic rings. The number of amides is 1. The number of nitrogens with one attached hydrogen (secondary N) is 1. The van der Waals surface area contributed by atoms with Crippen LogP contribution in [0, 0.1) is 13.8 Å². The summed E-state index contributed by atoms with van der Waals surface area (Å²) in [7, 11) is 5.08. The lowest BCUT2D eigenvalue weighted by molar-refractivity contribution is 0.102. The number of carbonyl (C=O) groups is 1. The first-order valence-corrected chi connectivity index (χ1v) is 11.3. The Balaban J connectivity index is 1.52. The van der Waals surface area contributed by atoms with E-state index in [9.17, 15) is 4.79 Å². The van der Waals surface area contributed by atoms with E-state index in [-0.39, 0.29) is 5.91 Å². The average molecular weight is 464 g/mol. The van der Waals surface area contributed by atoms with Gasteiger partial charge < -0.3 is 19.4 Å². The van der Waals surface area contributed by atoms with Crippen LogP contribution in [-0.4, -0.2) is 39.6 Å². The van der Waals surface area contributed by atoms with E-state index in [2.05, 4.69) is 15.3 Å². The fraction of sp³-hybridized carbons (Fsp3) is 0.250. The molecule has 1 N–H and O–H groups in total. The fourth-order valence-corrected chi connectivity index (χ4v) is 4.46. The number of ether oxygens (including phenoxy) is 2. The molecule has 2 heterocycles. The molecule has 0 aliphatic heterocycles. The minimum atomic E-state index is -0.242. The Bertz CT molecular complexity index is 1320. The monoisotopic (exact) mass is 463 g/mol. The van der Waals surface area contributed by atoms with E-state index in [1.807, 2.05) is 49.7 Å². The summed E-state index contributed by atoms with van der Waals surface area (Å²) in [6, 6.07) is 12.7. The van der Waals surface area contributed by atoms with E-state index in [1.54, 1.807) is 37.1 Å². The maximum absolute atomic E-state index is 12.8. The van der Waals surface area contributed by atoms with Gasteiger partial charge in [-0.15, -0.1) is 0 Å². The second-order valence-corrected chi connectivity index (χ2v) is 8.48. The van der Waals surface area contributed by atoms with Gasteiger partial charge in [0.1, 0.15) is 5.82 Å². The number of aryl methyl sites for hydroxylation is 3. The molecule has 170 valence electrons. The number of carbonyl (C=O) groups excluding carboxylic acids is 1. The van der Waals surface area contributed by atoms with Crippen LogP contribution in [0.5, 0.6) is 11.5 Å². The molecule has 0 aliphatic rings. The van der Waals surface area contributed by atoms with Crippen LogP contribution >= 0.6 is 11.8 Å². The van der Waals surface area contributed by atoms with Crippen molar-refractivity contribution in [3.8, 4) is 11.5 Å². The highest BCUT2D eigenvalue weighted by molar-refractivity contribution is 7.98. The number of benzene rings is 2. The fourth-order valence-electron chi connectivity index (χ4n) is 3.52. The molecule has 0 aliphatic carbocycles. The number of thioether (sulfide) groups is 1. The van der Waals surface area contributed by atoms with Crippen molar-refractivity contribution >= 4 is 34.4 Å². The summed E-state index contributed by atoms with van der Waals surface area (Å²) in [6.45, 7) is 3.93. The smallest absolute Gasteiger partial charge is 0.255 e. The molecular weight excluding hydrogens is 438 g/mol. The summed E-state index contributed by atoms with van der Waals surface area (Å²) in [4.78, 5) is 26.5. The number of hydrogen-bond acceptors (Lipinski definition) is 7. The summed E-state index contributed by atoms with van der Waals surface area (Å²) >= 11 is 1.55. The lowest BCUT2D eigenvalue weighted by Crippen LogP contribution is -2.12. The highest BCUT2D eigenvalue weighted by Crippen LogP contribution is 2.28. The van der Waals surface area contributed by atoms with E-state index in [0.717, 1.165) is 33.4 Å². The maximum Gasteiger partial charge on any atom is 0.255 e. The van der Waals surface area contributed by atoms with E-state index in [1.165, 1.54) is 7.11 Å². The Labute approximate surface area is 196 Å². The molecular formula is C24H25N5O3S. The normalized spacial score (nSPS) is 10.9. The molecule has 1 amide bonds. The van der Waals surface area contributed by atoms with Crippen molar-refractivity contribution in [2.75, 3.05) is 19.5 Å². The second kappa shape index (κ2) is 9.50. The van der Waals surface area contributed by atoms with Crippen LogP contribution in [0.25, 0.3) is 11.0 Å². The zero-order valence-electron chi connectivity index (χ0n) is 19.2. The number of hydrogen-bond donors (Lipinski definition) is 1. The van der Waals surface area contributed by atoms with Gasteiger partial charge in [-0.2, -0.15) is 0 Å². The van der Waals surface area contributed by atoms with Crippen molar-refractivity contribution in [3.05, 3.63) is 65.2 Å². The average Bonchev–Trinajstić information content (AvgIpc) is 3.11. The Morgan fingerprint density at radius 2 is 1.70 bits per heavy atom. The first kappa shape index (κ1) is 22.6. The Kier molecular flexibility index (Phi) is 6.50. The van der Waals surface area contributed by atoms with Crippen LogP contribution in [0.2, 0.25) is 0 Å². The minimum absolute atomic E-state index is 0.242. The molecule has 0 radical (unpaired) electrons. The molecule has 0 saturated heterocycles. The third-order valence-electron chi connectivity index (χ3n) is 5.17. The molecule has 2 aromatic heterocycles. The largest absolute Gasteiger partial charge is 0.493 e. The maximum atomic E-state index is 12.8. The summed E-state index contributed by atoms with van der Waals surface area (Å²) in [5.74, 6) is 2.37. The topological polar surface area (TPSA) is 91.2 Å². The van der Waals surface area contributed by atoms with Gasteiger partial charge in [0.25, 0.3) is 5.91 Å². The van der Waals surface area contributed by atoms with Crippen molar-refractivity contribution in [2.24, 2.45) is 7.05 Å². The second-order valence-electron chi connectivity index (χ2n) is 7.54. The molecule has 0 unspecified atom stereocenters. The molecule has 0 fully saturated rings. The molecule has 8 nitrogen and oxygen atoms in total. The Hall–Kier alpha value is -3.59. The van der Waals surface area contributed by atoms with Crippen molar-refractivity contribution in [1.29, 1.82) is 0 Å². The van der Waals surface area contributed by atoms with Crippen LogP contribution in [0.3, 0.4) is 0 Å². The zero-order valence-corrected chi connectivity index (χ0v) is 20.0. The van der Waals surface area contributed by atoms with Crippen LogP contribution in [0.1, 0.15) is 27.6 Å². The van der Waals surface area contributed by atoms with Gasteiger partial charge in [0.15, 0.2) is 16.7 Å². The van der Waals surface area contributed by atoms with Gasteiger partial charge in [-0.05, 0) is 56.3 Å². The number of anilines is 1. The van der Waals surface area contributed by atoms with Gasteiger partial charge >= 0.3 is 0 Å². The minimum Gasteiger partial charge on any atom is -0.493 e. The predicted molar refractivity (Wildman–Crippen MR) is 129 cm³/mol. The lowest BCUT2D eigenvalue weighted by atomic mass is 10.1. The molecule has 4 rings (SSSR count). The molecule has 0 bridgehead atoms. The van der Waals surface area contributed by atoms with Crippen LogP contribution in [-0.2, 0) is 12.8 Å². The van der Waals surface area contributed by atoms with E-state index < -0.39 is 0 Å². The van der Waals surface area contributed by atoms with Gasteiger partial charge in [0.05, 0.1) is 31.0 Å². The van der Waals surface area contributed by atoms with Crippen molar-refractivity contribution < 1.29 is 14.3 Å². The molecule has 33 heavy (non-hydrogen) atoms. The summed E-state index contributed by atoms with van der Waals surface area (Å²) in [5.41, 5.74) is 4.82. The highest BCUT2D eigenvalue weighted by Gasteiger charge is 2.14. The van der Waals surface area contributed by atoms with Gasteiger partial charge in [-0.25, -0.2) is 15.0 Å². The summed E-state index contributed by atoms with van der Waals surface area (Å²) in [6.07, 6.45) is 0. The SMILES string of the molecule is COc1ccc(C(=O)Nc2ccc3c(c2)nc(CSc2nc(C)cc(C)n2)n3C)cc1OC. The Morgan fingerprint density at radius 1 is 0.970 bits per heavy atom. The number of rotatable bonds is 7. The number of imidazole rings is 1. The molecule has 2 aromatic carbocycles. The Morgan fingerprint density at radius 3 is 2.39 bits per heavy atom. The number of methoxy groups -OCH3 is 2. The summed E-state index contributed by atoms with van der Waals surface area (Å²) < 4.78 is 12.6. The highest BCUT2D eigenvalue weighted by atomic mass is 32.2. The van der Waals surface area contributed by atoms with Gasteiger partial charge in [-0.3, -0.25) is 4.79 Å².